The quantitative estimate of drug-likeness (QED) is 0.246. The lowest BCUT2D eigenvalue weighted by molar-refractivity contribution is -0.393. The van der Waals surface area contributed by atoms with Crippen LogP contribution in [0.3, 0.4) is 0 Å². The molecule has 1 atom stereocenters. The highest BCUT2D eigenvalue weighted by Gasteiger charge is 2.24. The summed E-state index contributed by atoms with van der Waals surface area (Å²) >= 11 is 3.98. The van der Waals surface area contributed by atoms with Crippen LogP contribution in [0, 0.1) is 20.2 Å². The molecule has 0 aromatic heterocycles. The van der Waals surface area contributed by atoms with Crippen LogP contribution >= 0.6 is 12.6 Å². The second-order valence-electron chi connectivity index (χ2n) is 4.01. The molecule has 1 aromatic carbocycles. The summed E-state index contributed by atoms with van der Waals surface area (Å²) in [5.41, 5.74) is -0.975. The number of benzene rings is 1. The number of ether oxygens (including phenoxy) is 1. The first kappa shape index (κ1) is 17.4. The lowest BCUT2D eigenvalue weighted by Crippen LogP contribution is -2.33. The summed E-state index contributed by atoms with van der Waals surface area (Å²) in [4.78, 5) is 31.9. The lowest BCUT2D eigenvalue weighted by atomic mass is 10.2. The first-order chi connectivity index (χ1) is 10.4. The van der Waals surface area contributed by atoms with E-state index in [4.69, 9.17) is 4.74 Å². The zero-order chi connectivity index (χ0) is 16.7. The average Bonchev–Trinajstić information content (AvgIpc) is 2.49. The number of carbonyl (C=O) groups excluding carboxylic acids is 1. The maximum absolute atomic E-state index is 11.7. The normalized spacial score (nSPS) is 11.3. The number of hydrogen-bond donors (Lipinski definition) is 2. The molecule has 0 spiro atoms. The molecule has 0 saturated carbocycles. The molecule has 0 fully saturated rings. The molecule has 118 valence electrons. The van der Waals surface area contributed by atoms with E-state index in [-0.39, 0.29) is 18.0 Å². The minimum absolute atomic E-state index is 0.00680. The predicted molar refractivity (Wildman–Crippen MR) is 82.2 cm³/mol. The second kappa shape index (κ2) is 7.98. The van der Waals surface area contributed by atoms with E-state index in [1.165, 1.54) is 6.08 Å². The van der Waals surface area contributed by atoms with Gasteiger partial charge in [0, 0.05) is 11.8 Å². The monoisotopic (exact) mass is 327 g/mol. The Morgan fingerprint density at radius 2 is 2.09 bits per heavy atom. The third kappa shape index (κ3) is 4.45. The van der Waals surface area contributed by atoms with Crippen LogP contribution in [0.25, 0.3) is 0 Å². The zero-order valence-corrected chi connectivity index (χ0v) is 12.2. The molecular formula is C12H13N3O6S. The minimum atomic E-state index is -0.941. The van der Waals surface area contributed by atoms with Gasteiger partial charge in [-0.15, -0.1) is 0 Å². The summed E-state index contributed by atoms with van der Waals surface area (Å²) in [5.74, 6) is -0.646. The van der Waals surface area contributed by atoms with Gasteiger partial charge in [0.1, 0.15) is 18.3 Å². The Labute approximate surface area is 130 Å². The Hall–Kier alpha value is -2.62. The van der Waals surface area contributed by atoms with Crippen molar-refractivity contribution in [1.82, 2.24) is 0 Å². The Morgan fingerprint density at radius 3 is 2.59 bits per heavy atom. The van der Waals surface area contributed by atoms with Crippen molar-refractivity contribution in [3.05, 3.63) is 51.1 Å². The van der Waals surface area contributed by atoms with Crippen molar-refractivity contribution in [2.24, 2.45) is 0 Å². The largest absolute Gasteiger partial charge is 0.460 e. The highest BCUT2D eigenvalue weighted by atomic mass is 32.1. The summed E-state index contributed by atoms with van der Waals surface area (Å²) in [6.07, 6.45) is 1.38. The van der Waals surface area contributed by atoms with Crippen molar-refractivity contribution in [2.45, 2.75) is 6.04 Å². The molecule has 0 aliphatic rings. The SMILES string of the molecule is C=CCOC(=O)[C@H](CS)Nc1ccc([N+](=O)[O-])cc1[N+](=O)[O-]. The zero-order valence-electron chi connectivity index (χ0n) is 11.3. The van der Waals surface area contributed by atoms with Crippen molar-refractivity contribution >= 4 is 35.7 Å². The Bertz CT molecular complexity index is 607. The van der Waals surface area contributed by atoms with E-state index < -0.39 is 33.2 Å². The smallest absolute Gasteiger partial charge is 0.329 e. The van der Waals surface area contributed by atoms with Crippen molar-refractivity contribution < 1.29 is 19.4 Å². The van der Waals surface area contributed by atoms with Crippen LogP contribution in [0.2, 0.25) is 0 Å². The van der Waals surface area contributed by atoms with Gasteiger partial charge in [-0.25, -0.2) is 4.79 Å². The maximum atomic E-state index is 11.7. The molecule has 0 aliphatic carbocycles. The number of nitrogens with zero attached hydrogens (tertiary/aromatic N) is 2. The molecule has 22 heavy (non-hydrogen) atoms. The summed E-state index contributed by atoms with van der Waals surface area (Å²) in [6, 6.07) is 2.13. The molecule has 1 N–H and O–H groups in total. The number of nitrogens with one attached hydrogen (secondary N) is 1. The van der Waals surface area contributed by atoms with Gasteiger partial charge < -0.3 is 10.1 Å². The van der Waals surface area contributed by atoms with Crippen molar-refractivity contribution in [3.63, 3.8) is 0 Å². The van der Waals surface area contributed by atoms with E-state index in [0.29, 0.717) is 0 Å². The number of non-ortho nitro benzene ring substituents is 1. The number of thiol groups is 1. The molecule has 0 radical (unpaired) electrons. The maximum Gasteiger partial charge on any atom is 0.329 e. The molecule has 1 rings (SSSR count). The fourth-order valence-electron chi connectivity index (χ4n) is 1.52. The number of nitro groups is 2. The van der Waals surface area contributed by atoms with Crippen LogP contribution in [0.5, 0.6) is 0 Å². The van der Waals surface area contributed by atoms with E-state index >= 15 is 0 Å². The second-order valence-corrected chi connectivity index (χ2v) is 4.38. The molecule has 9 nitrogen and oxygen atoms in total. The number of carbonyl (C=O) groups is 1. The molecule has 0 bridgehead atoms. The van der Waals surface area contributed by atoms with E-state index in [0.717, 1.165) is 18.2 Å². The van der Waals surface area contributed by atoms with Gasteiger partial charge >= 0.3 is 5.97 Å². The van der Waals surface area contributed by atoms with Gasteiger partial charge in [-0.05, 0) is 6.07 Å². The summed E-state index contributed by atoms with van der Waals surface area (Å²) < 4.78 is 4.83. The van der Waals surface area contributed by atoms with Crippen LogP contribution in [0.1, 0.15) is 0 Å². The minimum Gasteiger partial charge on any atom is -0.460 e. The first-order valence-electron chi connectivity index (χ1n) is 5.98. The first-order valence-corrected chi connectivity index (χ1v) is 6.61. The predicted octanol–water partition coefficient (Wildman–Crippen LogP) is 1.94. The Kier molecular flexibility index (Phi) is 6.32. The van der Waals surface area contributed by atoms with Gasteiger partial charge in [0.15, 0.2) is 0 Å². The summed E-state index contributed by atoms with van der Waals surface area (Å²) in [5, 5.41) is 24.3. The molecular weight excluding hydrogens is 314 g/mol. The average molecular weight is 327 g/mol. The van der Waals surface area contributed by atoms with E-state index in [1.807, 2.05) is 0 Å². The number of nitro benzene ring substituents is 2. The topological polar surface area (TPSA) is 125 Å². The van der Waals surface area contributed by atoms with Gasteiger partial charge in [0.2, 0.25) is 0 Å². The highest BCUT2D eigenvalue weighted by molar-refractivity contribution is 7.80. The molecule has 0 amide bonds. The van der Waals surface area contributed by atoms with Gasteiger partial charge in [-0.2, -0.15) is 12.6 Å². The van der Waals surface area contributed by atoms with Crippen LogP contribution in [-0.2, 0) is 9.53 Å². The number of anilines is 1. The van der Waals surface area contributed by atoms with Gasteiger partial charge in [0.25, 0.3) is 11.4 Å². The molecule has 0 unspecified atom stereocenters. The molecule has 0 heterocycles. The van der Waals surface area contributed by atoms with E-state index in [9.17, 15) is 25.0 Å². The molecule has 0 aliphatic heterocycles. The van der Waals surface area contributed by atoms with E-state index in [2.05, 4.69) is 24.5 Å². The van der Waals surface area contributed by atoms with Crippen molar-refractivity contribution in [1.29, 1.82) is 0 Å². The fourth-order valence-corrected chi connectivity index (χ4v) is 1.76. The van der Waals surface area contributed by atoms with Crippen molar-refractivity contribution in [2.75, 3.05) is 17.7 Å². The van der Waals surface area contributed by atoms with Gasteiger partial charge in [0.05, 0.1) is 15.9 Å². The summed E-state index contributed by atoms with van der Waals surface area (Å²) in [6.45, 7) is 3.39. The lowest BCUT2D eigenvalue weighted by Gasteiger charge is -2.16. The number of hydrogen-bond acceptors (Lipinski definition) is 8. The van der Waals surface area contributed by atoms with Crippen molar-refractivity contribution in [3.8, 4) is 0 Å². The van der Waals surface area contributed by atoms with Crippen LogP contribution in [-0.4, -0.2) is 34.2 Å². The Morgan fingerprint density at radius 1 is 1.41 bits per heavy atom. The molecule has 0 saturated heterocycles. The molecule has 10 heteroatoms. The van der Waals surface area contributed by atoms with Gasteiger partial charge in [-0.1, -0.05) is 12.7 Å². The fraction of sp³-hybridized carbons (Fsp3) is 0.250. The summed E-state index contributed by atoms with van der Waals surface area (Å²) in [7, 11) is 0. The Balaban J connectivity index is 3.04. The van der Waals surface area contributed by atoms with Crippen LogP contribution < -0.4 is 5.32 Å². The van der Waals surface area contributed by atoms with Crippen LogP contribution in [0.15, 0.2) is 30.9 Å². The standard InChI is InChI=1S/C12H13N3O6S/c1-2-5-21-12(16)10(7-22)13-9-4-3-8(14(17)18)6-11(9)15(19)20/h2-4,6,10,13,22H,1,5,7H2/t10-/m0/s1. The van der Waals surface area contributed by atoms with Gasteiger partial charge in [-0.3, -0.25) is 20.2 Å². The van der Waals surface area contributed by atoms with E-state index in [1.54, 1.807) is 0 Å². The number of esters is 1. The van der Waals surface area contributed by atoms with Crippen LogP contribution in [0.4, 0.5) is 17.1 Å². The third-order valence-corrected chi connectivity index (χ3v) is 2.89. The molecule has 1 aromatic rings. The third-order valence-electron chi connectivity index (χ3n) is 2.53. The highest BCUT2D eigenvalue weighted by Crippen LogP contribution is 2.29. The number of rotatable bonds is 8.